The number of ether oxygens (including phenoxy) is 1. The molecule has 21 heavy (non-hydrogen) atoms. The number of para-hydroxylation sites is 1. The van der Waals surface area contributed by atoms with E-state index < -0.39 is 0 Å². The molecule has 0 unspecified atom stereocenters. The number of thiazole rings is 1. The highest BCUT2D eigenvalue weighted by molar-refractivity contribution is 7.09. The van der Waals surface area contributed by atoms with Gasteiger partial charge < -0.3 is 10.1 Å². The Bertz CT molecular complexity index is 633. The topological polar surface area (TPSA) is 51.2 Å². The van der Waals surface area contributed by atoms with Crippen molar-refractivity contribution in [2.24, 2.45) is 5.92 Å². The number of carbonyl (C=O) groups excluding carboxylic acids is 1. The molecule has 1 N–H and O–H groups in total. The third kappa shape index (κ3) is 3.31. The quantitative estimate of drug-likeness (QED) is 0.944. The van der Waals surface area contributed by atoms with Crippen molar-refractivity contribution in [2.75, 3.05) is 18.5 Å². The van der Waals surface area contributed by atoms with Crippen LogP contribution < -0.4 is 5.32 Å². The Hall–Kier alpha value is -1.72. The Morgan fingerprint density at radius 1 is 1.33 bits per heavy atom. The van der Waals surface area contributed by atoms with Crippen molar-refractivity contribution in [2.45, 2.75) is 19.8 Å². The smallest absolute Gasteiger partial charge is 0.227 e. The van der Waals surface area contributed by atoms with Gasteiger partial charge >= 0.3 is 0 Å². The number of nitrogens with zero attached hydrogens (tertiary/aromatic N) is 1. The van der Waals surface area contributed by atoms with Crippen LogP contribution in [0.5, 0.6) is 0 Å². The van der Waals surface area contributed by atoms with Crippen LogP contribution in [-0.2, 0) is 9.53 Å². The third-order valence-electron chi connectivity index (χ3n) is 3.67. The second-order valence-electron chi connectivity index (χ2n) is 5.17. The summed E-state index contributed by atoms with van der Waals surface area (Å²) in [6, 6.07) is 7.83. The van der Waals surface area contributed by atoms with Gasteiger partial charge in [-0.05, 0) is 25.8 Å². The molecular formula is C16H18N2O2S. The van der Waals surface area contributed by atoms with Gasteiger partial charge in [0.15, 0.2) is 0 Å². The Kier molecular flexibility index (Phi) is 4.31. The second-order valence-corrected chi connectivity index (χ2v) is 6.24. The fourth-order valence-electron chi connectivity index (χ4n) is 2.50. The molecular weight excluding hydrogens is 284 g/mol. The highest BCUT2D eigenvalue weighted by Crippen LogP contribution is 2.29. The molecule has 4 nitrogen and oxygen atoms in total. The van der Waals surface area contributed by atoms with Crippen LogP contribution in [0, 0.1) is 12.8 Å². The van der Waals surface area contributed by atoms with Crippen LogP contribution in [0.2, 0.25) is 0 Å². The van der Waals surface area contributed by atoms with Gasteiger partial charge in [0, 0.05) is 30.1 Å². The Labute approximate surface area is 128 Å². The predicted molar refractivity (Wildman–Crippen MR) is 84.5 cm³/mol. The Morgan fingerprint density at radius 3 is 2.81 bits per heavy atom. The number of hydrogen-bond acceptors (Lipinski definition) is 4. The maximum atomic E-state index is 12.4. The van der Waals surface area contributed by atoms with Gasteiger partial charge in [-0.15, -0.1) is 11.3 Å². The van der Waals surface area contributed by atoms with Gasteiger partial charge in [0.1, 0.15) is 0 Å². The molecule has 1 aliphatic rings. The number of benzene rings is 1. The summed E-state index contributed by atoms with van der Waals surface area (Å²) in [7, 11) is 0. The zero-order valence-electron chi connectivity index (χ0n) is 12.0. The average molecular weight is 302 g/mol. The van der Waals surface area contributed by atoms with E-state index >= 15 is 0 Å². The molecule has 1 fully saturated rings. The number of rotatable bonds is 3. The first-order chi connectivity index (χ1) is 10.2. The minimum atomic E-state index is 0.0453. The highest BCUT2D eigenvalue weighted by atomic mass is 32.1. The van der Waals surface area contributed by atoms with Crippen LogP contribution >= 0.6 is 11.3 Å². The van der Waals surface area contributed by atoms with Crippen molar-refractivity contribution >= 4 is 22.9 Å². The van der Waals surface area contributed by atoms with Crippen LogP contribution in [0.25, 0.3) is 11.3 Å². The van der Waals surface area contributed by atoms with Crippen molar-refractivity contribution in [1.82, 2.24) is 4.98 Å². The molecule has 1 aliphatic heterocycles. The van der Waals surface area contributed by atoms with E-state index in [1.807, 2.05) is 36.6 Å². The molecule has 0 spiro atoms. The number of aryl methyl sites for hydroxylation is 1. The zero-order valence-corrected chi connectivity index (χ0v) is 12.8. The number of nitrogens with one attached hydrogen (secondary N) is 1. The molecule has 3 rings (SSSR count). The first kappa shape index (κ1) is 14.2. The van der Waals surface area contributed by atoms with Gasteiger partial charge in [-0.1, -0.05) is 18.2 Å². The SMILES string of the molecule is Cc1nc(-c2ccccc2NC(=O)C2CCOCC2)cs1. The Morgan fingerprint density at radius 2 is 2.10 bits per heavy atom. The lowest BCUT2D eigenvalue weighted by Crippen LogP contribution is -2.28. The van der Waals surface area contributed by atoms with Crippen molar-refractivity contribution in [3.8, 4) is 11.3 Å². The summed E-state index contributed by atoms with van der Waals surface area (Å²) in [6.07, 6.45) is 1.59. The van der Waals surface area contributed by atoms with Crippen molar-refractivity contribution in [3.05, 3.63) is 34.7 Å². The van der Waals surface area contributed by atoms with Gasteiger partial charge in [0.2, 0.25) is 5.91 Å². The molecule has 1 aromatic heterocycles. The van der Waals surface area contributed by atoms with Gasteiger partial charge in [-0.25, -0.2) is 4.98 Å². The maximum absolute atomic E-state index is 12.4. The summed E-state index contributed by atoms with van der Waals surface area (Å²) in [4.78, 5) is 16.9. The second kappa shape index (κ2) is 6.37. The lowest BCUT2D eigenvalue weighted by molar-refractivity contribution is -0.122. The molecule has 2 aromatic rings. The summed E-state index contributed by atoms with van der Waals surface area (Å²) >= 11 is 1.61. The minimum absolute atomic E-state index is 0.0453. The van der Waals surface area contributed by atoms with Crippen LogP contribution in [0.1, 0.15) is 17.8 Å². The Balaban J connectivity index is 1.80. The minimum Gasteiger partial charge on any atom is -0.381 e. The average Bonchev–Trinajstić information content (AvgIpc) is 2.95. The molecule has 0 radical (unpaired) electrons. The zero-order chi connectivity index (χ0) is 14.7. The normalized spacial score (nSPS) is 15.9. The summed E-state index contributed by atoms with van der Waals surface area (Å²) in [5.41, 5.74) is 2.72. The van der Waals surface area contributed by atoms with Crippen molar-refractivity contribution < 1.29 is 9.53 Å². The van der Waals surface area contributed by atoms with Crippen molar-refractivity contribution in [3.63, 3.8) is 0 Å². The molecule has 2 heterocycles. The number of amides is 1. The summed E-state index contributed by atoms with van der Waals surface area (Å²) in [5, 5.41) is 6.10. The summed E-state index contributed by atoms with van der Waals surface area (Å²) in [6.45, 7) is 3.33. The summed E-state index contributed by atoms with van der Waals surface area (Å²) in [5.74, 6) is 0.127. The van der Waals surface area contributed by atoms with E-state index in [0.717, 1.165) is 34.8 Å². The van der Waals surface area contributed by atoms with Gasteiger partial charge in [0.25, 0.3) is 0 Å². The fraction of sp³-hybridized carbons (Fsp3) is 0.375. The van der Waals surface area contributed by atoms with Crippen LogP contribution in [0.3, 0.4) is 0 Å². The lowest BCUT2D eigenvalue weighted by Gasteiger charge is -2.21. The van der Waals surface area contributed by atoms with Crippen molar-refractivity contribution in [1.29, 1.82) is 0 Å². The molecule has 1 amide bonds. The number of anilines is 1. The fourth-order valence-corrected chi connectivity index (χ4v) is 3.11. The van der Waals surface area contributed by atoms with E-state index in [1.165, 1.54) is 0 Å². The predicted octanol–water partition coefficient (Wildman–Crippen LogP) is 3.48. The molecule has 0 aliphatic carbocycles. The monoisotopic (exact) mass is 302 g/mol. The van der Waals surface area contributed by atoms with Crippen LogP contribution in [0.4, 0.5) is 5.69 Å². The maximum Gasteiger partial charge on any atom is 0.227 e. The highest BCUT2D eigenvalue weighted by Gasteiger charge is 2.22. The first-order valence-electron chi connectivity index (χ1n) is 7.14. The van der Waals surface area contributed by atoms with Gasteiger partial charge in [-0.3, -0.25) is 4.79 Å². The third-order valence-corrected chi connectivity index (χ3v) is 4.45. The summed E-state index contributed by atoms with van der Waals surface area (Å²) < 4.78 is 5.31. The molecule has 5 heteroatoms. The van der Waals surface area contributed by atoms with E-state index in [2.05, 4.69) is 10.3 Å². The lowest BCUT2D eigenvalue weighted by atomic mass is 9.99. The molecule has 110 valence electrons. The largest absolute Gasteiger partial charge is 0.381 e. The molecule has 1 aromatic carbocycles. The van der Waals surface area contributed by atoms with E-state index in [9.17, 15) is 4.79 Å². The number of carbonyl (C=O) groups is 1. The first-order valence-corrected chi connectivity index (χ1v) is 8.02. The van der Waals surface area contributed by atoms with Gasteiger partial charge in [0.05, 0.1) is 16.4 Å². The van der Waals surface area contributed by atoms with E-state index in [-0.39, 0.29) is 11.8 Å². The van der Waals surface area contributed by atoms with E-state index in [0.29, 0.717) is 13.2 Å². The molecule has 0 bridgehead atoms. The molecule has 0 atom stereocenters. The standard InChI is InChI=1S/C16H18N2O2S/c1-11-17-15(10-21-11)13-4-2-3-5-14(13)18-16(19)12-6-8-20-9-7-12/h2-5,10,12H,6-9H2,1H3,(H,18,19). The number of aromatic nitrogens is 1. The van der Waals surface area contributed by atoms with Crippen LogP contribution in [-0.4, -0.2) is 24.1 Å². The van der Waals surface area contributed by atoms with Crippen LogP contribution in [0.15, 0.2) is 29.6 Å². The van der Waals surface area contributed by atoms with Gasteiger partial charge in [-0.2, -0.15) is 0 Å². The van der Waals surface area contributed by atoms with E-state index in [4.69, 9.17) is 4.74 Å². The number of hydrogen-bond donors (Lipinski definition) is 1. The van der Waals surface area contributed by atoms with E-state index in [1.54, 1.807) is 11.3 Å². The molecule has 0 saturated carbocycles. The molecule has 1 saturated heterocycles.